The molecule has 2 N–H and O–H groups in total. The minimum atomic E-state index is -0.551. The lowest BCUT2D eigenvalue weighted by Crippen LogP contribution is -2.27. The number of nitrogens with one attached hydrogen (secondary N) is 1. The number of ether oxygens (including phenoxy) is 1. The first-order valence-electron chi connectivity index (χ1n) is 9.02. The molecule has 156 valence electrons. The van der Waals surface area contributed by atoms with Crippen LogP contribution in [0.25, 0.3) is 22.4 Å². The molecule has 0 saturated carbocycles. The van der Waals surface area contributed by atoms with Crippen LogP contribution in [0.4, 0.5) is 16.3 Å². The smallest absolute Gasteiger partial charge is 0.337 e. The number of benzene rings is 2. The minimum absolute atomic E-state index is 0.0339. The highest BCUT2D eigenvalue weighted by Gasteiger charge is 2.16. The van der Waals surface area contributed by atoms with Gasteiger partial charge in [-0.3, -0.25) is 5.32 Å². The maximum atomic E-state index is 12.5. The Morgan fingerprint density at radius 3 is 2.74 bits per heavy atom. The number of phenols is 1. The fourth-order valence-corrected chi connectivity index (χ4v) is 3.35. The number of fused-ring (bicyclic) bond motifs is 1. The van der Waals surface area contributed by atoms with Gasteiger partial charge in [-0.15, -0.1) is 0 Å². The van der Waals surface area contributed by atoms with Crippen molar-refractivity contribution in [3.63, 3.8) is 0 Å². The molecule has 2 aromatic heterocycles. The summed E-state index contributed by atoms with van der Waals surface area (Å²) in [4.78, 5) is 25.7. The number of aromatic hydroxyl groups is 1. The number of hydrogen-bond acceptors (Lipinski definition) is 7. The van der Waals surface area contributed by atoms with Crippen molar-refractivity contribution in [3.05, 3.63) is 65.8 Å². The van der Waals surface area contributed by atoms with E-state index in [1.165, 1.54) is 19.4 Å². The summed E-state index contributed by atoms with van der Waals surface area (Å²) in [6, 6.07) is 14.7. The van der Waals surface area contributed by atoms with Gasteiger partial charge in [-0.1, -0.05) is 36.5 Å². The van der Waals surface area contributed by atoms with Crippen LogP contribution in [0, 0.1) is 0 Å². The monoisotopic (exact) mass is 453 g/mol. The largest absolute Gasteiger partial charge is 0.504 e. The summed E-state index contributed by atoms with van der Waals surface area (Å²) < 4.78 is 6.23. The van der Waals surface area contributed by atoms with Crippen LogP contribution in [-0.2, 0) is 0 Å². The van der Waals surface area contributed by atoms with Crippen molar-refractivity contribution in [2.75, 3.05) is 16.7 Å². The number of para-hydroxylation sites is 1. The van der Waals surface area contributed by atoms with Crippen LogP contribution in [0.5, 0.6) is 11.5 Å². The molecule has 0 atom stereocenters. The molecule has 0 saturated heterocycles. The van der Waals surface area contributed by atoms with Crippen LogP contribution in [0.3, 0.4) is 0 Å². The topological polar surface area (TPSA) is 100 Å². The number of aromatic nitrogens is 3. The van der Waals surface area contributed by atoms with Gasteiger partial charge in [0.25, 0.3) is 0 Å². The summed E-state index contributed by atoms with van der Waals surface area (Å²) in [6.07, 6.45) is 1.43. The SMILES string of the molecule is COc1cc(-c2ccc3ncc(NC(=O)N(S)c4ccccc4Cl)nc3n2)ccc1O. The predicted octanol–water partition coefficient (Wildman–Crippen LogP) is 4.94. The molecule has 0 bridgehead atoms. The van der Waals surface area contributed by atoms with Gasteiger partial charge in [-0.25, -0.2) is 24.1 Å². The maximum Gasteiger partial charge on any atom is 0.337 e. The van der Waals surface area contributed by atoms with Gasteiger partial charge in [0.05, 0.1) is 29.7 Å². The number of hydrogen-bond donors (Lipinski definition) is 3. The van der Waals surface area contributed by atoms with Gasteiger partial charge in [0.2, 0.25) is 0 Å². The molecule has 0 aliphatic carbocycles. The number of carbonyl (C=O) groups is 1. The van der Waals surface area contributed by atoms with Gasteiger partial charge >= 0.3 is 6.03 Å². The highest BCUT2D eigenvalue weighted by atomic mass is 35.5. The molecule has 8 nitrogen and oxygen atoms in total. The number of phenolic OH excluding ortho intramolecular Hbond substituents is 1. The number of thiol groups is 1. The molecule has 0 unspecified atom stereocenters. The molecule has 0 spiro atoms. The van der Waals surface area contributed by atoms with Gasteiger partial charge in [0.1, 0.15) is 5.52 Å². The molecule has 0 aliphatic heterocycles. The van der Waals surface area contributed by atoms with E-state index in [1.54, 1.807) is 48.5 Å². The van der Waals surface area contributed by atoms with Gasteiger partial charge in [-0.2, -0.15) is 0 Å². The third-order valence-corrected chi connectivity index (χ3v) is 5.11. The average molecular weight is 454 g/mol. The Morgan fingerprint density at radius 1 is 1.16 bits per heavy atom. The van der Waals surface area contributed by atoms with E-state index >= 15 is 0 Å². The lowest BCUT2D eigenvalue weighted by Gasteiger charge is -2.17. The van der Waals surface area contributed by atoms with Crippen LogP contribution in [0.1, 0.15) is 0 Å². The zero-order chi connectivity index (χ0) is 22.0. The second-order valence-corrected chi connectivity index (χ2v) is 7.18. The fourth-order valence-electron chi connectivity index (χ4n) is 2.85. The van der Waals surface area contributed by atoms with Gasteiger partial charge in [0, 0.05) is 5.56 Å². The molecular formula is C21H16ClN5O3S. The number of pyridine rings is 1. The Balaban J connectivity index is 1.61. The summed E-state index contributed by atoms with van der Waals surface area (Å²) in [5.74, 6) is 0.572. The van der Waals surface area contributed by atoms with E-state index in [9.17, 15) is 9.90 Å². The number of carbonyl (C=O) groups excluding carboxylic acids is 1. The van der Waals surface area contributed by atoms with E-state index in [0.29, 0.717) is 33.3 Å². The molecule has 0 aliphatic rings. The molecule has 2 aromatic carbocycles. The Labute approximate surface area is 188 Å². The van der Waals surface area contributed by atoms with E-state index in [4.69, 9.17) is 16.3 Å². The molecule has 0 radical (unpaired) electrons. The van der Waals surface area contributed by atoms with Gasteiger partial charge in [0.15, 0.2) is 23.0 Å². The molecule has 2 amide bonds. The first-order chi connectivity index (χ1) is 15.0. The standard InChI is InChI=1S/C21H16ClN5O3S/c1-30-18-10-12(6-9-17(18)28)14-7-8-15-20(24-14)25-19(11-23-15)26-21(29)27(31)16-5-3-2-4-13(16)22/h2-11,28,31H,1H3,(H,24,25,26,29). The summed E-state index contributed by atoms with van der Waals surface area (Å²) in [5.41, 5.74) is 2.66. The number of urea groups is 1. The highest BCUT2D eigenvalue weighted by Crippen LogP contribution is 2.31. The summed E-state index contributed by atoms with van der Waals surface area (Å²) in [7, 11) is 1.47. The van der Waals surface area contributed by atoms with Crippen molar-refractivity contribution in [2.45, 2.75) is 0 Å². The van der Waals surface area contributed by atoms with Crippen molar-refractivity contribution in [1.82, 2.24) is 15.0 Å². The average Bonchev–Trinajstić information content (AvgIpc) is 2.78. The quantitative estimate of drug-likeness (QED) is 0.378. The Kier molecular flexibility index (Phi) is 5.79. The molecular weight excluding hydrogens is 438 g/mol. The second-order valence-electron chi connectivity index (χ2n) is 6.37. The lowest BCUT2D eigenvalue weighted by atomic mass is 10.1. The second kappa shape index (κ2) is 8.66. The summed E-state index contributed by atoms with van der Waals surface area (Å²) in [6.45, 7) is 0. The molecule has 4 aromatic rings. The minimum Gasteiger partial charge on any atom is -0.504 e. The van der Waals surface area contributed by atoms with E-state index in [0.717, 1.165) is 9.87 Å². The molecule has 10 heteroatoms. The van der Waals surface area contributed by atoms with Crippen molar-refractivity contribution in [1.29, 1.82) is 0 Å². The van der Waals surface area contributed by atoms with Crippen molar-refractivity contribution < 1.29 is 14.6 Å². The van der Waals surface area contributed by atoms with Crippen molar-refractivity contribution in [2.24, 2.45) is 0 Å². The lowest BCUT2D eigenvalue weighted by molar-refractivity contribution is 0.260. The van der Waals surface area contributed by atoms with Crippen LogP contribution in [0.15, 0.2) is 60.8 Å². The zero-order valence-corrected chi connectivity index (χ0v) is 17.8. The molecule has 31 heavy (non-hydrogen) atoms. The van der Waals surface area contributed by atoms with Gasteiger partial charge < -0.3 is 9.84 Å². The van der Waals surface area contributed by atoms with Crippen molar-refractivity contribution in [3.8, 4) is 22.8 Å². The first-order valence-corrected chi connectivity index (χ1v) is 9.80. The van der Waals surface area contributed by atoms with Crippen molar-refractivity contribution >= 4 is 53.1 Å². The number of anilines is 2. The number of rotatable bonds is 4. The molecule has 2 heterocycles. The Hall–Kier alpha value is -3.56. The highest BCUT2D eigenvalue weighted by molar-refractivity contribution is 7.82. The predicted molar refractivity (Wildman–Crippen MR) is 123 cm³/mol. The first kappa shape index (κ1) is 20.7. The number of nitrogens with zero attached hydrogens (tertiary/aromatic N) is 4. The van der Waals surface area contributed by atoms with Crippen LogP contribution in [-0.4, -0.2) is 33.2 Å². The fraction of sp³-hybridized carbons (Fsp3) is 0.0476. The van der Waals surface area contributed by atoms with Gasteiger partial charge in [-0.05, 0) is 42.5 Å². The summed E-state index contributed by atoms with van der Waals surface area (Å²) in [5, 5.41) is 12.8. The van der Waals surface area contributed by atoms with E-state index in [2.05, 4.69) is 33.1 Å². The zero-order valence-electron chi connectivity index (χ0n) is 16.2. The number of methoxy groups -OCH3 is 1. The van der Waals surface area contributed by atoms with E-state index in [1.807, 2.05) is 0 Å². The van der Waals surface area contributed by atoms with E-state index in [-0.39, 0.29) is 11.6 Å². The molecule has 0 fully saturated rings. The van der Waals surface area contributed by atoms with Crippen LogP contribution in [0.2, 0.25) is 5.02 Å². The molecule has 4 rings (SSSR count). The van der Waals surface area contributed by atoms with Crippen LogP contribution >= 0.6 is 24.4 Å². The third kappa shape index (κ3) is 4.32. The maximum absolute atomic E-state index is 12.5. The number of amides is 2. The normalized spacial score (nSPS) is 10.7. The Bertz CT molecular complexity index is 1290. The van der Waals surface area contributed by atoms with E-state index < -0.39 is 6.03 Å². The Morgan fingerprint density at radius 2 is 1.97 bits per heavy atom. The van der Waals surface area contributed by atoms with Crippen LogP contribution < -0.4 is 14.4 Å². The number of halogens is 1. The third-order valence-electron chi connectivity index (χ3n) is 4.39. The summed E-state index contributed by atoms with van der Waals surface area (Å²) >= 11 is 10.3.